The number of carbonyl (C=O) groups is 1. The van der Waals surface area contributed by atoms with Crippen LogP contribution in [0.3, 0.4) is 0 Å². The second kappa shape index (κ2) is 12.6. The maximum Gasteiger partial charge on any atom is 0.255 e. The van der Waals surface area contributed by atoms with Gasteiger partial charge < -0.3 is 24.8 Å². The molecule has 0 bridgehead atoms. The lowest BCUT2D eigenvalue weighted by Gasteiger charge is -2.39. The van der Waals surface area contributed by atoms with Gasteiger partial charge in [-0.25, -0.2) is 0 Å². The predicted molar refractivity (Wildman–Crippen MR) is 191 cm³/mol. The Morgan fingerprint density at radius 2 is 1.59 bits per heavy atom. The number of pyridine rings is 1. The topological polar surface area (TPSA) is 105 Å². The third-order valence-electron chi connectivity index (χ3n) is 9.54. The van der Waals surface area contributed by atoms with Gasteiger partial charge in [0.25, 0.3) is 5.56 Å². The van der Waals surface area contributed by atoms with Gasteiger partial charge in [0.2, 0.25) is 11.7 Å². The van der Waals surface area contributed by atoms with Crippen LogP contribution in [0.2, 0.25) is 0 Å². The van der Waals surface area contributed by atoms with E-state index in [9.17, 15) is 9.59 Å². The molecule has 9 heteroatoms. The normalized spacial score (nSPS) is 17.0. The van der Waals surface area contributed by atoms with E-state index in [-0.39, 0.29) is 5.56 Å². The molecule has 1 aliphatic carbocycles. The summed E-state index contributed by atoms with van der Waals surface area (Å²) in [7, 11) is 4.60. The highest BCUT2D eigenvalue weighted by molar-refractivity contribution is 5.98. The predicted octanol–water partition coefficient (Wildman–Crippen LogP) is 6.94. The van der Waals surface area contributed by atoms with Crippen molar-refractivity contribution in [3.63, 3.8) is 0 Å². The van der Waals surface area contributed by atoms with Crippen molar-refractivity contribution in [1.82, 2.24) is 4.57 Å². The molecule has 2 unspecified atom stereocenters. The number of primary amides is 1. The van der Waals surface area contributed by atoms with E-state index in [0.717, 1.165) is 34.9 Å². The zero-order chi connectivity index (χ0) is 34.3. The fourth-order valence-electron chi connectivity index (χ4n) is 7.23. The van der Waals surface area contributed by atoms with Crippen LogP contribution in [0.4, 0.5) is 5.69 Å². The van der Waals surface area contributed by atoms with Crippen molar-refractivity contribution >= 4 is 28.6 Å². The molecule has 1 aromatic heterocycles. The summed E-state index contributed by atoms with van der Waals surface area (Å²) in [6.07, 6.45) is 9.78. The van der Waals surface area contributed by atoms with Crippen molar-refractivity contribution in [2.24, 2.45) is 5.73 Å². The van der Waals surface area contributed by atoms with E-state index in [1.54, 1.807) is 33.9 Å². The van der Waals surface area contributed by atoms with Crippen LogP contribution in [-0.4, -0.2) is 37.3 Å². The molecule has 0 saturated heterocycles. The quantitative estimate of drug-likeness (QED) is 0.184. The van der Waals surface area contributed by atoms with Crippen LogP contribution in [0.5, 0.6) is 17.2 Å². The van der Waals surface area contributed by atoms with Gasteiger partial charge in [0.05, 0.1) is 38.5 Å². The molecule has 5 aromatic rings. The van der Waals surface area contributed by atoms with Crippen molar-refractivity contribution in [3.8, 4) is 34.1 Å². The van der Waals surface area contributed by atoms with Gasteiger partial charge in [-0.3, -0.25) is 14.2 Å². The molecule has 248 valence electrons. The SMILES string of the molecule is COc1cc(N2OC=CC2(C)C(C(N)=O)c2ccc(-n3c(=O)ccc4c(-c5cccc6c5C=CCC6)cccc43)cc2)cc(OC)c1OC. The number of aryl methyl sites for hydroxylation is 1. The fourth-order valence-corrected chi connectivity index (χ4v) is 7.23. The third-order valence-corrected chi connectivity index (χ3v) is 9.54. The lowest BCUT2D eigenvalue weighted by molar-refractivity contribution is -0.120. The van der Waals surface area contributed by atoms with E-state index in [1.807, 2.05) is 49.4 Å². The Labute approximate surface area is 284 Å². The number of amides is 1. The van der Waals surface area contributed by atoms with Gasteiger partial charge in [-0.15, -0.1) is 0 Å². The average Bonchev–Trinajstić information content (AvgIpc) is 3.52. The number of nitrogens with zero attached hydrogens (tertiary/aromatic N) is 2. The van der Waals surface area contributed by atoms with Gasteiger partial charge in [0, 0.05) is 29.3 Å². The number of hydrogen-bond donors (Lipinski definition) is 1. The Hall–Kier alpha value is -5.96. The molecule has 1 amide bonds. The van der Waals surface area contributed by atoms with Crippen LogP contribution in [0.1, 0.15) is 36.0 Å². The molecular weight excluding hydrogens is 618 g/mol. The Morgan fingerprint density at radius 3 is 2.29 bits per heavy atom. The summed E-state index contributed by atoms with van der Waals surface area (Å²) in [4.78, 5) is 32.7. The number of anilines is 1. The van der Waals surface area contributed by atoms with E-state index >= 15 is 0 Å². The average molecular weight is 656 g/mol. The summed E-state index contributed by atoms with van der Waals surface area (Å²) >= 11 is 0. The number of hydroxylamine groups is 1. The number of allylic oxidation sites excluding steroid dienone is 1. The minimum atomic E-state index is -1.04. The number of hydrogen-bond acceptors (Lipinski definition) is 7. The van der Waals surface area contributed by atoms with E-state index < -0.39 is 17.4 Å². The third kappa shape index (κ3) is 5.27. The van der Waals surface area contributed by atoms with Gasteiger partial charge in [-0.1, -0.05) is 54.6 Å². The smallest absolute Gasteiger partial charge is 0.255 e. The molecule has 2 N–H and O–H groups in total. The van der Waals surface area contributed by atoms with Crippen LogP contribution < -0.4 is 30.6 Å². The number of nitrogens with two attached hydrogens (primary N) is 1. The van der Waals surface area contributed by atoms with Crippen LogP contribution in [0.15, 0.2) is 108 Å². The second-order valence-electron chi connectivity index (χ2n) is 12.3. The highest BCUT2D eigenvalue weighted by atomic mass is 16.7. The fraction of sp³-hybridized carbons (Fsp3) is 0.200. The largest absolute Gasteiger partial charge is 0.493 e. The molecule has 49 heavy (non-hydrogen) atoms. The Balaban J connectivity index is 1.28. The summed E-state index contributed by atoms with van der Waals surface area (Å²) in [5, 5.41) is 2.57. The lowest BCUT2D eigenvalue weighted by Crippen LogP contribution is -2.50. The van der Waals surface area contributed by atoms with Crippen molar-refractivity contribution < 1.29 is 23.8 Å². The van der Waals surface area contributed by atoms with E-state index in [2.05, 4.69) is 36.4 Å². The Kier molecular flexibility index (Phi) is 8.12. The minimum absolute atomic E-state index is 0.161. The van der Waals surface area contributed by atoms with Crippen LogP contribution in [0.25, 0.3) is 33.8 Å². The molecule has 0 fully saturated rings. The van der Waals surface area contributed by atoms with E-state index in [4.69, 9.17) is 24.8 Å². The summed E-state index contributed by atoms with van der Waals surface area (Å²) in [6, 6.07) is 26.8. The van der Waals surface area contributed by atoms with Crippen LogP contribution >= 0.6 is 0 Å². The molecule has 0 saturated carbocycles. The second-order valence-corrected chi connectivity index (χ2v) is 12.3. The lowest BCUT2D eigenvalue weighted by atomic mass is 9.79. The zero-order valence-corrected chi connectivity index (χ0v) is 27.8. The summed E-state index contributed by atoms with van der Waals surface area (Å²) in [6.45, 7) is 1.87. The number of rotatable bonds is 9. The van der Waals surface area contributed by atoms with Gasteiger partial charge in [0.1, 0.15) is 11.8 Å². The number of fused-ring (bicyclic) bond motifs is 2. The number of carbonyl (C=O) groups excluding carboxylic acids is 1. The molecular formula is C40H37N3O6. The molecule has 2 heterocycles. The first kappa shape index (κ1) is 31.6. The first-order valence-electron chi connectivity index (χ1n) is 16.1. The molecule has 1 aliphatic heterocycles. The molecule has 2 atom stereocenters. The van der Waals surface area contributed by atoms with E-state index in [1.165, 1.54) is 38.7 Å². The first-order chi connectivity index (χ1) is 23.8. The maximum atomic E-state index is 13.5. The number of methoxy groups -OCH3 is 3. The molecule has 4 aromatic carbocycles. The Morgan fingerprint density at radius 1 is 0.878 bits per heavy atom. The van der Waals surface area contributed by atoms with Gasteiger partial charge in [-0.05, 0) is 77.9 Å². The minimum Gasteiger partial charge on any atom is -0.493 e. The number of aromatic nitrogens is 1. The van der Waals surface area contributed by atoms with E-state index in [0.29, 0.717) is 34.2 Å². The first-order valence-corrected chi connectivity index (χ1v) is 16.1. The number of benzene rings is 4. The number of ether oxygens (including phenoxy) is 3. The summed E-state index contributed by atoms with van der Waals surface area (Å²) in [5.41, 5.74) is 12.3. The van der Waals surface area contributed by atoms with Crippen molar-refractivity contribution in [2.45, 2.75) is 31.2 Å². The van der Waals surface area contributed by atoms with Gasteiger partial charge in [0.15, 0.2) is 11.5 Å². The summed E-state index contributed by atoms with van der Waals surface area (Å²) in [5.74, 6) is -0.0908. The van der Waals surface area contributed by atoms with Crippen molar-refractivity contribution in [1.29, 1.82) is 0 Å². The zero-order valence-electron chi connectivity index (χ0n) is 27.8. The monoisotopic (exact) mass is 655 g/mol. The van der Waals surface area contributed by atoms with Crippen LogP contribution in [0, 0.1) is 0 Å². The van der Waals surface area contributed by atoms with Gasteiger partial charge in [-0.2, -0.15) is 5.06 Å². The van der Waals surface area contributed by atoms with Gasteiger partial charge >= 0.3 is 0 Å². The standard InChI is InChI=1S/C40H37N3O6/c1-40(21-22-49-43(40)28-23-34(46-2)38(48-4)35(24-28)47-3)37(39(41)45)26-15-17-27(18-16-26)42-33-14-8-13-31(32(33)19-20-36(42)44)30-12-7-10-25-9-5-6-11-29(25)30/h6-8,10-24,37H,5,9H2,1-4H3,(H2,41,45). The highest BCUT2D eigenvalue weighted by Gasteiger charge is 2.47. The van der Waals surface area contributed by atoms with Crippen LogP contribution in [-0.2, 0) is 16.1 Å². The Bertz CT molecular complexity index is 2180. The maximum absolute atomic E-state index is 13.5. The molecule has 0 spiro atoms. The van der Waals surface area contributed by atoms with Crippen molar-refractivity contribution in [2.75, 3.05) is 26.4 Å². The molecule has 0 radical (unpaired) electrons. The molecule has 7 rings (SSSR count). The highest BCUT2D eigenvalue weighted by Crippen LogP contribution is 2.47. The molecule has 2 aliphatic rings. The molecule has 9 nitrogen and oxygen atoms in total. The van der Waals surface area contributed by atoms with Crippen molar-refractivity contribution in [3.05, 3.63) is 130 Å². The summed E-state index contributed by atoms with van der Waals surface area (Å²) < 4.78 is 18.3.